The molecule has 1 heterocycles. The summed E-state index contributed by atoms with van der Waals surface area (Å²) in [6.45, 7) is 0.671. The van der Waals surface area contributed by atoms with Crippen LogP contribution >= 0.6 is 34.8 Å². The van der Waals surface area contributed by atoms with Crippen molar-refractivity contribution in [2.75, 3.05) is 12.3 Å². The van der Waals surface area contributed by atoms with Crippen molar-refractivity contribution in [3.8, 4) is 11.1 Å². The van der Waals surface area contributed by atoms with Crippen LogP contribution in [0.15, 0.2) is 102 Å². The van der Waals surface area contributed by atoms with Crippen LogP contribution in [0.4, 0.5) is 5.69 Å². The van der Waals surface area contributed by atoms with E-state index in [-0.39, 0.29) is 52.8 Å². The molecule has 0 unspecified atom stereocenters. The molecule has 5 rings (SSSR count). The Kier molecular flexibility index (Phi) is 11.8. The van der Waals surface area contributed by atoms with E-state index in [0.29, 0.717) is 39.7 Å². The number of carbonyl (C=O) groups excluding carboxylic acids is 2. The van der Waals surface area contributed by atoms with Crippen molar-refractivity contribution >= 4 is 58.1 Å². The predicted octanol–water partition coefficient (Wildman–Crippen LogP) is 6.15. The highest BCUT2D eigenvalue weighted by atomic mass is 35.5. The molecule has 0 spiro atoms. The van der Waals surface area contributed by atoms with Gasteiger partial charge in [-0.2, -0.15) is 4.73 Å². The molecule has 1 aromatic heterocycles. The number of carbonyl (C=O) groups is 2. The fourth-order valence-corrected chi connectivity index (χ4v) is 6.00. The second-order valence-corrected chi connectivity index (χ2v) is 12.7. The molecule has 0 atom stereocenters. The molecule has 13 heteroatoms. The summed E-state index contributed by atoms with van der Waals surface area (Å²) in [7, 11) is 0. The van der Waals surface area contributed by atoms with Gasteiger partial charge in [-0.25, -0.2) is 0 Å². The Hall–Kier alpha value is -5.29. The Morgan fingerprint density at radius 3 is 2.30 bits per heavy atom. The molecule has 0 radical (unpaired) electrons. The standard InChI is InChI=1S/C37H34Cl3N7O3/c38-28-6-3-4-22(14-28)12-13-44-33-18-31(40)35(32(47(33)50)19-34(48)45-20-23-8-10-24(11-9-23)36(42)43)26-15-27(17-29(41)16-26)37(49)46-21-25-5-1-2-7-30(25)39/h1-11,14-18,50H,12-13,19-21,41H2,(H3,42,43)(H,45,48)(H,46,49). The molecule has 0 aliphatic rings. The zero-order valence-corrected chi connectivity index (χ0v) is 29.0. The molecule has 50 heavy (non-hydrogen) atoms. The average Bonchev–Trinajstić information content (AvgIpc) is 3.08. The minimum absolute atomic E-state index is 0.0573. The summed E-state index contributed by atoms with van der Waals surface area (Å²) in [5.74, 6) is -0.884. The maximum Gasteiger partial charge on any atom is 0.251 e. The first kappa shape index (κ1) is 36.0. The van der Waals surface area contributed by atoms with Crippen LogP contribution in [-0.2, 0) is 30.7 Å². The van der Waals surface area contributed by atoms with Gasteiger partial charge in [0.25, 0.3) is 5.91 Å². The summed E-state index contributed by atoms with van der Waals surface area (Å²) in [6, 6.07) is 27.7. The van der Waals surface area contributed by atoms with Crippen LogP contribution in [0.2, 0.25) is 15.1 Å². The third-order valence-corrected chi connectivity index (χ3v) is 8.71. The Balaban J connectivity index is 1.47. The van der Waals surface area contributed by atoms with E-state index in [4.69, 9.17) is 51.7 Å². The molecular formula is C37H34Cl3N7O3. The quantitative estimate of drug-likeness (QED) is 0.0391. The highest BCUT2D eigenvalue weighted by Gasteiger charge is 2.21. The molecule has 0 fully saturated rings. The highest BCUT2D eigenvalue weighted by Crippen LogP contribution is 2.33. The number of aromatic nitrogens is 1. The maximum atomic E-state index is 13.4. The van der Waals surface area contributed by atoms with Crippen LogP contribution in [0.5, 0.6) is 0 Å². The monoisotopic (exact) mass is 729 g/mol. The van der Waals surface area contributed by atoms with E-state index in [2.05, 4.69) is 15.6 Å². The van der Waals surface area contributed by atoms with Gasteiger partial charge in [0, 0.05) is 58.1 Å². The van der Waals surface area contributed by atoms with Crippen molar-refractivity contribution in [3.05, 3.63) is 151 Å². The van der Waals surface area contributed by atoms with Crippen LogP contribution in [-0.4, -0.2) is 34.1 Å². The van der Waals surface area contributed by atoms with E-state index in [1.54, 1.807) is 54.6 Å². The van der Waals surface area contributed by atoms with Gasteiger partial charge >= 0.3 is 0 Å². The minimum atomic E-state index is -0.418. The first-order chi connectivity index (χ1) is 24.0. The Bertz CT molecular complexity index is 2130. The highest BCUT2D eigenvalue weighted by molar-refractivity contribution is 6.33. The van der Waals surface area contributed by atoms with Crippen molar-refractivity contribution in [1.82, 2.24) is 15.4 Å². The van der Waals surface area contributed by atoms with Gasteiger partial charge in [-0.15, -0.1) is 0 Å². The summed E-state index contributed by atoms with van der Waals surface area (Å²) in [4.78, 5) is 31.2. The number of hydrogen-bond donors (Lipinski definition) is 6. The zero-order valence-electron chi connectivity index (χ0n) is 26.7. The molecule has 4 aromatic carbocycles. The van der Waals surface area contributed by atoms with Crippen molar-refractivity contribution in [1.29, 1.82) is 5.41 Å². The number of anilines is 1. The average molecular weight is 731 g/mol. The van der Waals surface area contributed by atoms with E-state index in [0.717, 1.165) is 21.4 Å². The van der Waals surface area contributed by atoms with Crippen LogP contribution in [0.3, 0.4) is 0 Å². The molecule has 0 saturated carbocycles. The molecule has 0 aliphatic carbocycles. The molecular weight excluding hydrogens is 697 g/mol. The van der Waals surface area contributed by atoms with Gasteiger partial charge in [0.2, 0.25) is 5.91 Å². The fraction of sp³-hybridized carbons (Fsp3) is 0.135. The van der Waals surface area contributed by atoms with Crippen LogP contribution in [0.25, 0.3) is 11.1 Å². The summed E-state index contributed by atoms with van der Waals surface area (Å²) in [6.07, 6.45) is 0.248. The van der Waals surface area contributed by atoms with E-state index < -0.39 is 11.8 Å². The number of amidine groups is 1. The van der Waals surface area contributed by atoms with Crippen molar-refractivity contribution in [2.45, 2.75) is 25.9 Å². The molecule has 8 N–H and O–H groups in total. The van der Waals surface area contributed by atoms with Gasteiger partial charge < -0.3 is 27.3 Å². The Labute approximate surface area is 303 Å². The first-order valence-electron chi connectivity index (χ1n) is 15.5. The normalized spacial score (nSPS) is 11.3. The molecule has 0 saturated heterocycles. The third kappa shape index (κ3) is 9.23. The molecule has 0 aliphatic heterocycles. The largest absolute Gasteiger partial charge is 0.427 e. The number of nitrogen functional groups attached to an aromatic ring is 2. The summed E-state index contributed by atoms with van der Waals surface area (Å²) < 4.78 is 0.834. The van der Waals surface area contributed by atoms with Gasteiger partial charge in [-0.05, 0) is 65.1 Å². The van der Waals surface area contributed by atoms with Crippen LogP contribution in [0.1, 0.15) is 38.3 Å². The lowest BCUT2D eigenvalue weighted by Crippen LogP contribution is -2.30. The predicted molar refractivity (Wildman–Crippen MR) is 198 cm³/mol. The van der Waals surface area contributed by atoms with Gasteiger partial charge in [-0.3, -0.25) is 20.0 Å². The van der Waals surface area contributed by atoms with Crippen molar-refractivity contribution < 1.29 is 14.8 Å². The molecule has 10 nitrogen and oxygen atoms in total. The first-order valence-corrected chi connectivity index (χ1v) is 16.6. The number of rotatable bonds is 12. The number of benzene rings is 4. The number of nitrogens with two attached hydrogens (primary N) is 2. The lowest BCUT2D eigenvalue weighted by atomic mass is 9.98. The lowest BCUT2D eigenvalue weighted by Gasteiger charge is -2.17. The van der Waals surface area contributed by atoms with Crippen LogP contribution in [0, 0.1) is 5.41 Å². The lowest BCUT2D eigenvalue weighted by molar-refractivity contribution is -0.120. The second-order valence-electron chi connectivity index (χ2n) is 11.4. The zero-order chi connectivity index (χ0) is 35.8. The Morgan fingerprint density at radius 1 is 0.820 bits per heavy atom. The van der Waals surface area contributed by atoms with E-state index in [1.807, 2.05) is 30.3 Å². The van der Waals surface area contributed by atoms with E-state index in [1.165, 1.54) is 12.1 Å². The van der Waals surface area contributed by atoms with Gasteiger partial charge in [0.15, 0.2) is 5.49 Å². The molecule has 0 bridgehead atoms. The molecule has 2 amide bonds. The van der Waals surface area contributed by atoms with E-state index >= 15 is 0 Å². The summed E-state index contributed by atoms with van der Waals surface area (Å²) >= 11 is 19.3. The molecule has 5 aromatic rings. The number of amides is 2. The number of nitrogens with zero attached hydrogens (tertiary/aromatic N) is 2. The Morgan fingerprint density at radius 2 is 1.58 bits per heavy atom. The SMILES string of the molecule is N=C(N)c1ccc(CNC(=O)Cc2c(-c3cc(N)cc(C(=O)NCc4ccccc4Cl)c3)c(Cl)cc(=NCCc3cccc(Cl)c3)n2O)cc1. The number of nitrogens with one attached hydrogen (secondary N) is 3. The number of hydrogen-bond acceptors (Lipinski definition) is 6. The van der Waals surface area contributed by atoms with Gasteiger partial charge in [0.1, 0.15) is 5.84 Å². The van der Waals surface area contributed by atoms with Crippen molar-refractivity contribution in [3.63, 3.8) is 0 Å². The maximum absolute atomic E-state index is 13.4. The second kappa shape index (κ2) is 16.4. The fourth-order valence-electron chi connectivity index (χ4n) is 5.26. The summed E-state index contributed by atoms with van der Waals surface area (Å²) in [5, 5.41) is 26.1. The van der Waals surface area contributed by atoms with Gasteiger partial charge in [-0.1, -0.05) is 89.4 Å². The van der Waals surface area contributed by atoms with Crippen LogP contribution < -0.4 is 27.6 Å². The minimum Gasteiger partial charge on any atom is -0.427 e. The third-order valence-electron chi connectivity index (χ3n) is 7.81. The topological polar surface area (TPSA) is 172 Å². The van der Waals surface area contributed by atoms with Gasteiger partial charge in [0.05, 0.1) is 17.1 Å². The number of halogens is 3. The van der Waals surface area contributed by atoms with E-state index in [9.17, 15) is 14.8 Å². The summed E-state index contributed by atoms with van der Waals surface area (Å²) in [5.41, 5.74) is 16.4. The smallest absolute Gasteiger partial charge is 0.251 e. The number of pyridine rings is 1. The molecule has 256 valence electrons. The van der Waals surface area contributed by atoms with Crippen molar-refractivity contribution in [2.24, 2.45) is 10.7 Å².